The Kier molecular flexibility index (Phi) is 8.99. The van der Waals surface area contributed by atoms with Gasteiger partial charge < -0.3 is 10.1 Å². The minimum absolute atomic E-state index is 0.197. The molecule has 1 atom stereocenters. The van der Waals surface area contributed by atoms with Gasteiger partial charge in [0.2, 0.25) is 5.91 Å². The van der Waals surface area contributed by atoms with Crippen molar-refractivity contribution in [1.29, 1.82) is 0 Å². The molecule has 0 bridgehead atoms. The van der Waals surface area contributed by atoms with Gasteiger partial charge in [-0.3, -0.25) is 14.6 Å². The molecule has 0 aliphatic carbocycles. The van der Waals surface area contributed by atoms with E-state index in [1.54, 1.807) is 12.1 Å². The molecule has 0 unspecified atom stereocenters. The summed E-state index contributed by atoms with van der Waals surface area (Å²) in [7, 11) is 0. The van der Waals surface area contributed by atoms with Crippen LogP contribution >= 0.6 is 0 Å². The van der Waals surface area contributed by atoms with Crippen LogP contribution in [0.25, 0.3) is 11.1 Å². The molecule has 0 spiro atoms. The molecule has 180 valence electrons. The molecule has 0 radical (unpaired) electrons. The van der Waals surface area contributed by atoms with E-state index in [2.05, 4.69) is 23.4 Å². The van der Waals surface area contributed by atoms with Gasteiger partial charge in [-0.25, -0.2) is 9.18 Å². The van der Waals surface area contributed by atoms with Crippen LogP contribution in [0.1, 0.15) is 25.3 Å². The number of carbonyl (C=O) groups is 2. The van der Waals surface area contributed by atoms with Crippen LogP contribution in [0.5, 0.6) is 0 Å². The summed E-state index contributed by atoms with van der Waals surface area (Å²) in [5.41, 5.74) is 2.81. The van der Waals surface area contributed by atoms with Gasteiger partial charge in [-0.2, -0.15) is 0 Å². The number of cyclic esters (lactones) is 1. The number of nitrogens with zero attached hydrogens (tertiary/aromatic N) is 2. The first-order valence-corrected chi connectivity index (χ1v) is 11.5. The number of nitrogens with one attached hydrogen (secondary N) is 1. The molecule has 1 N–H and O–H groups in total. The van der Waals surface area contributed by atoms with Gasteiger partial charge in [0, 0.05) is 32.1 Å². The number of benzene rings is 2. The molecule has 0 aromatic heterocycles. The topological polar surface area (TPSA) is 61.9 Å². The lowest BCUT2D eigenvalue weighted by atomic mass is 10.0. The lowest BCUT2D eigenvalue weighted by Gasteiger charge is -2.21. The number of hydrogen-bond acceptors (Lipinski definition) is 4. The standard InChI is InChI=1S/C27H32FN3O3/c1-4-6-14-30(15-7-5-2)18-21-8-10-22(11-9-21)25-13-12-23(16-26(25)28)31-19-24(34-27(31)33)17-29-20(3)32/h4-5,8-13,16,24H,1-2,6-7,14-15,17-19H2,3H3,(H,29,32)/t24-/m0/s1. The average Bonchev–Trinajstić information content (AvgIpc) is 3.20. The van der Waals surface area contributed by atoms with Crippen LogP contribution in [0.2, 0.25) is 0 Å². The second-order valence-electron chi connectivity index (χ2n) is 8.35. The molecule has 1 fully saturated rings. The summed E-state index contributed by atoms with van der Waals surface area (Å²) in [6.45, 7) is 12.1. The van der Waals surface area contributed by atoms with Crippen LogP contribution in [0, 0.1) is 5.82 Å². The highest BCUT2D eigenvalue weighted by molar-refractivity contribution is 5.90. The number of hydrogen-bond donors (Lipinski definition) is 1. The first-order valence-electron chi connectivity index (χ1n) is 11.5. The highest BCUT2D eigenvalue weighted by Crippen LogP contribution is 2.29. The van der Waals surface area contributed by atoms with Crippen LogP contribution < -0.4 is 10.2 Å². The van der Waals surface area contributed by atoms with E-state index in [1.807, 2.05) is 36.4 Å². The molecule has 7 heteroatoms. The van der Waals surface area contributed by atoms with Crippen molar-refractivity contribution < 1.29 is 18.7 Å². The van der Waals surface area contributed by atoms with Crippen LogP contribution in [0.15, 0.2) is 67.8 Å². The molecular formula is C27H32FN3O3. The highest BCUT2D eigenvalue weighted by Gasteiger charge is 2.32. The monoisotopic (exact) mass is 465 g/mol. The van der Waals surface area contributed by atoms with Gasteiger partial charge in [-0.1, -0.05) is 36.4 Å². The van der Waals surface area contributed by atoms with Crippen molar-refractivity contribution in [1.82, 2.24) is 10.2 Å². The summed E-state index contributed by atoms with van der Waals surface area (Å²) in [5.74, 6) is -0.612. The molecular weight excluding hydrogens is 433 g/mol. The minimum atomic E-state index is -0.552. The van der Waals surface area contributed by atoms with Crippen molar-refractivity contribution in [3.8, 4) is 11.1 Å². The molecule has 2 aromatic carbocycles. The first kappa shape index (κ1) is 25.2. The highest BCUT2D eigenvalue weighted by atomic mass is 19.1. The Balaban J connectivity index is 1.67. The van der Waals surface area contributed by atoms with Crippen molar-refractivity contribution >= 4 is 17.7 Å². The molecule has 3 rings (SSSR count). The van der Waals surface area contributed by atoms with E-state index in [4.69, 9.17) is 4.74 Å². The average molecular weight is 466 g/mol. The Bertz CT molecular complexity index is 1010. The minimum Gasteiger partial charge on any atom is -0.442 e. The van der Waals surface area contributed by atoms with E-state index in [1.165, 1.54) is 17.9 Å². The van der Waals surface area contributed by atoms with Crippen LogP contribution in [0.3, 0.4) is 0 Å². The van der Waals surface area contributed by atoms with E-state index in [0.717, 1.165) is 43.6 Å². The quantitative estimate of drug-likeness (QED) is 0.453. The summed E-state index contributed by atoms with van der Waals surface area (Å²) in [6.07, 6.45) is 4.66. The summed E-state index contributed by atoms with van der Waals surface area (Å²) in [4.78, 5) is 27.0. The smallest absolute Gasteiger partial charge is 0.414 e. The maximum absolute atomic E-state index is 15.0. The summed E-state index contributed by atoms with van der Waals surface area (Å²) in [5, 5.41) is 2.63. The lowest BCUT2D eigenvalue weighted by molar-refractivity contribution is -0.119. The number of ether oxygens (including phenoxy) is 1. The second kappa shape index (κ2) is 12.1. The van der Waals surface area contributed by atoms with Gasteiger partial charge in [0.25, 0.3) is 0 Å². The molecule has 6 nitrogen and oxygen atoms in total. The number of anilines is 1. The fraction of sp³-hybridized carbons (Fsp3) is 0.333. The zero-order valence-corrected chi connectivity index (χ0v) is 19.6. The van der Waals surface area contributed by atoms with E-state index in [9.17, 15) is 14.0 Å². The third-order valence-electron chi connectivity index (χ3n) is 5.69. The normalized spacial score (nSPS) is 15.3. The molecule has 34 heavy (non-hydrogen) atoms. The Hall–Kier alpha value is -3.45. The van der Waals surface area contributed by atoms with Gasteiger partial charge in [0.05, 0.1) is 18.8 Å². The van der Waals surface area contributed by atoms with Crippen molar-refractivity contribution in [2.75, 3.05) is 31.1 Å². The third-order valence-corrected chi connectivity index (χ3v) is 5.69. The predicted octanol–water partition coefficient (Wildman–Crippen LogP) is 4.91. The fourth-order valence-electron chi connectivity index (χ4n) is 3.87. The molecule has 2 aromatic rings. The predicted molar refractivity (Wildman–Crippen MR) is 133 cm³/mol. The zero-order chi connectivity index (χ0) is 24.5. The van der Waals surface area contributed by atoms with E-state index in [0.29, 0.717) is 11.3 Å². The largest absolute Gasteiger partial charge is 0.442 e. The Labute approximate surface area is 200 Å². The Morgan fingerprint density at radius 1 is 1.18 bits per heavy atom. The zero-order valence-electron chi connectivity index (χ0n) is 19.6. The summed E-state index contributed by atoms with van der Waals surface area (Å²) < 4.78 is 20.3. The van der Waals surface area contributed by atoms with Gasteiger partial charge in [-0.15, -0.1) is 13.2 Å². The van der Waals surface area contributed by atoms with Gasteiger partial charge in [0.15, 0.2) is 0 Å². The van der Waals surface area contributed by atoms with Crippen molar-refractivity contribution in [2.24, 2.45) is 0 Å². The van der Waals surface area contributed by atoms with Crippen molar-refractivity contribution in [2.45, 2.75) is 32.4 Å². The van der Waals surface area contributed by atoms with Crippen LogP contribution in [0.4, 0.5) is 14.9 Å². The summed E-state index contributed by atoms with van der Waals surface area (Å²) in [6, 6.07) is 12.6. The Morgan fingerprint density at radius 2 is 1.85 bits per heavy atom. The number of halogens is 1. The van der Waals surface area contributed by atoms with Crippen molar-refractivity contribution in [3.05, 3.63) is 79.2 Å². The molecule has 2 amide bonds. The number of amides is 2. The van der Waals surface area contributed by atoms with Crippen LogP contribution in [-0.2, 0) is 16.1 Å². The van der Waals surface area contributed by atoms with E-state index < -0.39 is 18.0 Å². The number of carbonyl (C=O) groups excluding carboxylic acids is 2. The summed E-state index contributed by atoms with van der Waals surface area (Å²) >= 11 is 0. The van der Waals surface area contributed by atoms with Gasteiger partial charge in [0.1, 0.15) is 11.9 Å². The number of rotatable bonds is 12. The molecule has 1 heterocycles. The molecule has 0 saturated carbocycles. The first-order chi connectivity index (χ1) is 16.4. The van der Waals surface area contributed by atoms with E-state index >= 15 is 0 Å². The maximum atomic E-state index is 15.0. The maximum Gasteiger partial charge on any atom is 0.414 e. The lowest BCUT2D eigenvalue weighted by Crippen LogP contribution is -2.33. The molecule has 1 aliphatic heterocycles. The van der Waals surface area contributed by atoms with E-state index in [-0.39, 0.29) is 19.0 Å². The van der Waals surface area contributed by atoms with Crippen LogP contribution in [-0.4, -0.2) is 49.2 Å². The third kappa shape index (κ3) is 6.78. The van der Waals surface area contributed by atoms with Gasteiger partial charge in [-0.05, 0) is 42.2 Å². The molecule has 1 aliphatic rings. The van der Waals surface area contributed by atoms with Gasteiger partial charge >= 0.3 is 6.09 Å². The Morgan fingerprint density at radius 3 is 2.44 bits per heavy atom. The second-order valence-corrected chi connectivity index (χ2v) is 8.35. The van der Waals surface area contributed by atoms with Crippen molar-refractivity contribution in [3.63, 3.8) is 0 Å². The molecule has 1 saturated heterocycles. The SMILES string of the molecule is C=CCCN(CCC=C)Cc1ccc(-c2ccc(N3C[C@H](CNC(C)=O)OC3=O)cc2F)cc1. The fourth-order valence-corrected chi connectivity index (χ4v) is 3.87.